The molecule has 0 saturated carbocycles. The Balaban J connectivity index is 1.79. The first-order valence-corrected chi connectivity index (χ1v) is 10.6. The second kappa shape index (κ2) is 9.82. The molecule has 4 aromatic rings. The lowest BCUT2D eigenvalue weighted by Gasteiger charge is -2.13. The van der Waals surface area contributed by atoms with Gasteiger partial charge in [-0.15, -0.1) is 0 Å². The van der Waals surface area contributed by atoms with Gasteiger partial charge in [0.15, 0.2) is 17.3 Å². The summed E-state index contributed by atoms with van der Waals surface area (Å²) in [6.45, 7) is 1.81. The van der Waals surface area contributed by atoms with E-state index in [0.717, 1.165) is 5.39 Å². The molecule has 0 fully saturated rings. The zero-order valence-corrected chi connectivity index (χ0v) is 19.9. The zero-order chi connectivity index (χ0) is 25.1. The minimum atomic E-state index is -0.337. The van der Waals surface area contributed by atoms with E-state index in [1.165, 1.54) is 40.6 Å². The van der Waals surface area contributed by atoms with E-state index in [2.05, 4.69) is 11.8 Å². The third-order valence-electron chi connectivity index (χ3n) is 5.58. The van der Waals surface area contributed by atoms with Gasteiger partial charge in [0.2, 0.25) is 11.5 Å². The highest BCUT2D eigenvalue weighted by molar-refractivity contribution is 6.11. The summed E-state index contributed by atoms with van der Waals surface area (Å²) in [7, 11) is 5.99. The molecule has 0 aliphatic carbocycles. The Hall–Kier alpha value is -4.44. The van der Waals surface area contributed by atoms with E-state index in [1.54, 1.807) is 37.3 Å². The van der Waals surface area contributed by atoms with Gasteiger partial charge in [0.05, 0.1) is 34.0 Å². The van der Waals surface area contributed by atoms with Crippen molar-refractivity contribution in [3.63, 3.8) is 0 Å². The van der Waals surface area contributed by atoms with Gasteiger partial charge in [-0.1, -0.05) is 11.8 Å². The van der Waals surface area contributed by atoms with E-state index >= 15 is 0 Å². The van der Waals surface area contributed by atoms with Crippen molar-refractivity contribution in [3.8, 4) is 34.8 Å². The molecule has 0 spiro atoms. The Kier molecular flexibility index (Phi) is 6.65. The first kappa shape index (κ1) is 23.7. The molecule has 4 rings (SSSR count). The van der Waals surface area contributed by atoms with Gasteiger partial charge in [0.1, 0.15) is 17.1 Å². The number of hydrogen-bond acceptors (Lipinski definition) is 6. The number of ketones is 1. The van der Waals surface area contributed by atoms with Gasteiger partial charge in [-0.3, -0.25) is 4.79 Å². The molecule has 1 aromatic heterocycles. The average molecular weight is 474 g/mol. The van der Waals surface area contributed by atoms with E-state index in [4.69, 9.17) is 23.4 Å². The largest absolute Gasteiger partial charge is 0.495 e. The second-order valence-corrected chi connectivity index (χ2v) is 7.60. The number of aryl methyl sites for hydroxylation is 1. The van der Waals surface area contributed by atoms with Crippen molar-refractivity contribution in [2.45, 2.75) is 6.92 Å². The number of methoxy groups -OCH3 is 4. The molecule has 0 bridgehead atoms. The van der Waals surface area contributed by atoms with Crippen LogP contribution < -0.4 is 18.9 Å². The quantitative estimate of drug-likeness (QED) is 0.270. The molecule has 35 heavy (non-hydrogen) atoms. The summed E-state index contributed by atoms with van der Waals surface area (Å²) in [5, 5.41) is 0.727. The SMILES string of the molecule is COc1cc2oc(C(=O)c3cc(OC)c(OC)c(OC)c3)c(C)c2cc1C#Cc1ccc(F)cc1. The number of ether oxygens (including phenoxy) is 4. The highest BCUT2D eigenvalue weighted by Crippen LogP contribution is 2.39. The fourth-order valence-electron chi connectivity index (χ4n) is 3.75. The zero-order valence-electron chi connectivity index (χ0n) is 19.9. The number of halogens is 1. The van der Waals surface area contributed by atoms with Crippen LogP contribution in [-0.4, -0.2) is 34.2 Å². The lowest BCUT2D eigenvalue weighted by atomic mass is 10.0. The van der Waals surface area contributed by atoms with E-state index in [0.29, 0.717) is 50.8 Å². The van der Waals surface area contributed by atoms with Gasteiger partial charge in [-0.25, -0.2) is 4.39 Å². The number of hydrogen-bond donors (Lipinski definition) is 0. The number of rotatable bonds is 6. The average Bonchev–Trinajstić information content (AvgIpc) is 3.21. The van der Waals surface area contributed by atoms with Crippen molar-refractivity contribution in [1.82, 2.24) is 0 Å². The number of carbonyl (C=O) groups excluding carboxylic acids is 1. The van der Waals surface area contributed by atoms with Gasteiger partial charge in [-0.2, -0.15) is 0 Å². The third-order valence-corrected chi connectivity index (χ3v) is 5.58. The third kappa shape index (κ3) is 4.51. The molecule has 0 radical (unpaired) electrons. The van der Waals surface area contributed by atoms with Crippen molar-refractivity contribution in [2.24, 2.45) is 0 Å². The topological polar surface area (TPSA) is 67.1 Å². The molecule has 0 aliphatic rings. The maximum absolute atomic E-state index is 13.4. The maximum atomic E-state index is 13.4. The van der Waals surface area contributed by atoms with Crippen molar-refractivity contribution in [1.29, 1.82) is 0 Å². The van der Waals surface area contributed by atoms with Crippen molar-refractivity contribution >= 4 is 16.8 Å². The van der Waals surface area contributed by atoms with Crippen molar-refractivity contribution in [2.75, 3.05) is 28.4 Å². The van der Waals surface area contributed by atoms with Crippen molar-refractivity contribution in [3.05, 3.63) is 82.4 Å². The van der Waals surface area contributed by atoms with E-state index in [1.807, 2.05) is 6.07 Å². The molecule has 0 aliphatic heterocycles. The predicted molar refractivity (Wildman–Crippen MR) is 129 cm³/mol. The predicted octanol–water partition coefficient (Wildman–Crippen LogP) is 5.55. The van der Waals surface area contributed by atoms with Gasteiger partial charge >= 0.3 is 0 Å². The van der Waals surface area contributed by atoms with E-state index in [9.17, 15) is 9.18 Å². The molecule has 0 N–H and O–H groups in total. The molecule has 178 valence electrons. The first-order valence-electron chi connectivity index (χ1n) is 10.6. The molecule has 0 unspecified atom stereocenters. The molecular weight excluding hydrogens is 451 g/mol. The van der Waals surface area contributed by atoms with Gasteiger partial charge in [0, 0.05) is 28.1 Å². The van der Waals surface area contributed by atoms with Crippen LogP contribution in [0, 0.1) is 24.6 Å². The summed E-state index contributed by atoms with van der Waals surface area (Å²) in [4.78, 5) is 13.4. The molecule has 1 heterocycles. The molecule has 7 heteroatoms. The summed E-state index contributed by atoms with van der Waals surface area (Å²) in [5.41, 5.74) is 2.74. The van der Waals surface area contributed by atoms with Crippen LogP contribution in [0.2, 0.25) is 0 Å². The maximum Gasteiger partial charge on any atom is 0.228 e. The van der Waals surface area contributed by atoms with Crippen LogP contribution in [0.25, 0.3) is 11.0 Å². The second-order valence-electron chi connectivity index (χ2n) is 7.60. The Morgan fingerprint density at radius 2 is 1.46 bits per heavy atom. The van der Waals surface area contributed by atoms with Crippen LogP contribution in [0.15, 0.2) is 52.9 Å². The smallest absolute Gasteiger partial charge is 0.228 e. The Bertz CT molecular complexity index is 1450. The van der Waals surface area contributed by atoms with Gasteiger partial charge in [-0.05, 0) is 49.4 Å². The summed E-state index contributed by atoms with van der Waals surface area (Å²) < 4.78 is 40.7. The molecule has 0 amide bonds. The number of benzene rings is 3. The normalized spacial score (nSPS) is 10.5. The number of fused-ring (bicyclic) bond motifs is 1. The fraction of sp³-hybridized carbons (Fsp3) is 0.179. The van der Waals surface area contributed by atoms with Gasteiger partial charge in [0.25, 0.3) is 0 Å². The van der Waals surface area contributed by atoms with Crippen LogP contribution in [0.5, 0.6) is 23.0 Å². The van der Waals surface area contributed by atoms with Crippen LogP contribution in [-0.2, 0) is 0 Å². The summed E-state index contributed by atoms with van der Waals surface area (Å²) in [6.07, 6.45) is 0. The molecule has 3 aromatic carbocycles. The minimum absolute atomic E-state index is 0.181. The minimum Gasteiger partial charge on any atom is -0.495 e. The Morgan fingerprint density at radius 3 is 2.03 bits per heavy atom. The highest BCUT2D eigenvalue weighted by Gasteiger charge is 2.24. The highest BCUT2D eigenvalue weighted by atomic mass is 19.1. The lowest BCUT2D eigenvalue weighted by molar-refractivity contribution is 0.101. The Labute approximate surface area is 202 Å². The number of carbonyl (C=O) groups is 1. The monoisotopic (exact) mass is 474 g/mol. The standard InChI is InChI=1S/C28H23FO6/c1-16-21-12-18(9-6-17-7-10-20(29)11-8-17)22(31-2)15-23(21)35-27(16)26(30)19-13-24(32-3)28(34-5)25(14-19)33-4/h7-8,10-15H,1-5H3. The first-order chi connectivity index (χ1) is 16.9. The molecule has 0 atom stereocenters. The lowest BCUT2D eigenvalue weighted by Crippen LogP contribution is -2.04. The Morgan fingerprint density at radius 1 is 0.829 bits per heavy atom. The molecule has 0 saturated heterocycles. The van der Waals surface area contributed by atoms with Crippen LogP contribution in [0.1, 0.15) is 32.8 Å². The van der Waals surface area contributed by atoms with E-state index < -0.39 is 0 Å². The summed E-state index contributed by atoms with van der Waals surface area (Å²) >= 11 is 0. The number of furan rings is 1. The summed E-state index contributed by atoms with van der Waals surface area (Å²) in [6, 6.07) is 12.6. The molecule has 6 nitrogen and oxygen atoms in total. The van der Waals surface area contributed by atoms with Crippen LogP contribution in [0.4, 0.5) is 4.39 Å². The van der Waals surface area contributed by atoms with E-state index in [-0.39, 0.29) is 17.4 Å². The van der Waals surface area contributed by atoms with Crippen LogP contribution >= 0.6 is 0 Å². The van der Waals surface area contributed by atoms with Gasteiger partial charge < -0.3 is 23.4 Å². The van der Waals surface area contributed by atoms with Crippen LogP contribution in [0.3, 0.4) is 0 Å². The summed E-state index contributed by atoms with van der Waals surface area (Å²) in [5.74, 6) is 7.20. The van der Waals surface area contributed by atoms with Crippen molar-refractivity contribution < 1.29 is 32.5 Å². The molecular formula is C28H23FO6. The fourth-order valence-corrected chi connectivity index (χ4v) is 3.75.